The third-order valence-electron chi connectivity index (χ3n) is 3.74. The fraction of sp³-hybridized carbons (Fsp3) is 0.500. The number of para-hydroxylation sites is 1. The quantitative estimate of drug-likeness (QED) is 0.740. The lowest BCUT2D eigenvalue weighted by Crippen LogP contribution is -2.42. The number of anilines is 1. The number of aliphatic hydroxyl groups excluding tert-OH is 1. The highest BCUT2D eigenvalue weighted by Gasteiger charge is 2.31. The van der Waals surface area contributed by atoms with Crippen molar-refractivity contribution < 1.29 is 9.90 Å². The van der Waals surface area contributed by atoms with E-state index in [0.29, 0.717) is 12.5 Å². The van der Waals surface area contributed by atoms with Crippen LogP contribution >= 0.6 is 0 Å². The smallest absolute Gasteiger partial charge is 0.242 e. The number of aliphatic hydroxyl groups is 1. The second kappa shape index (κ2) is 4.61. The predicted molar refractivity (Wildman–Crippen MR) is 69.3 cm³/mol. The Morgan fingerprint density at radius 3 is 2.94 bits per heavy atom. The zero-order valence-electron chi connectivity index (χ0n) is 10.2. The van der Waals surface area contributed by atoms with Crippen molar-refractivity contribution in [3.63, 3.8) is 0 Å². The molecule has 1 aromatic carbocycles. The average Bonchev–Trinajstić information content (AvgIpc) is 3.14. The molecule has 1 aromatic rings. The Morgan fingerprint density at radius 2 is 2.22 bits per heavy atom. The Morgan fingerprint density at radius 1 is 1.44 bits per heavy atom. The zero-order valence-corrected chi connectivity index (χ0v) is 10.2. The Labute approximate surface area is 106 Å². The molecule has 1 aliphatic carbocycles. The number of hydrogen-bond donors (Lipinski definition) is 3. The third kappa shape index (κ3) is 2.34. The third-order valence-corrected chi connectivity index (χ3v) is 3.74. The number of benzene rings is 1. The van der Waals surface area contributed by atoms with Crippen molar-refractivity contribution in [1.29, 1.82) is 0 Å². The summed E-state index contributed by atoms with van der Waals surface area (Å²) in [6, 6.07) is 7.77. The van der Waals surface area contributed by atoms with Gasteiger partial charge in [0.25, 0.3) is 0 Å². The summed E-state index contributed by atoms with van der Waals surface area (Å²) in [5.41, 5.74) is 2.22. The van der Waals surface area contributed by atoms with Gasteiger partial charge in [-0.25, -0.2) is 0 Å². The molecule has 96 valence electrons. The van der Waals surface area contributed by atoms with Gasteiger partial charge in [-0.2, -0.15) is 0 Å². The van der Waals surface area contributed by atoms with Crippen molar-refractivity contribution in [3.05, 3.63) is 29.8 Å². The largest absolute Gasteiger partial charge is 0.391 e. The van der Waals surface area contributed by atoms with Crippen LogP contribution in [0.1, 0.15) is 18.4 Å². The summed E-state index contributed by atoms with van der Waals surface area (Å²) in [6.07, 6.45) is 2.52. The normalized spacial score (nSPS) is 23.1. The first kappa shape index (κ1) is 11.5. The summed E-state index contributed by atoms with van der Waals surface area (Å²) in [4.78, 5) is 12.0. The number of nitrogens with one attached hydrogen (secondary N) is 2. The second-order valence-corrected chi connectivity index (χ2v) is 5.21. The van der Waals surface area contributed by atoms with Crippen molar-refractivity contribution in [1.82, 2.24) is 5.32 Å². The lowest BCUT2D eigenvalue weighted by molar-refractivity contribution is -0.122. The molecule has 0 spiro atoms. The summed E-state index contributed by atoms with van der Waals surface area (Å²) in [6.45, 7) is 0.373. The van der Waals surface area contributed by atoms with Gasteiger partial charge in [0.1, 0.15) is 6.04 Å². The highest BCUT2D eigenvalue weighted by atomic mass is 16.3. The maximum absolute atomic E-state index is 12.0. The van der Waals surface area contributed by atoms with Gasteiger partial charge in [-0.1, -0.05) is 18.2 Å². The molecule has 0 saturated heterocycles. The first-order valence-corrected chi connectivity index (χ1v) is 6.54. The van der Waals surface area contributed by atoms with Crippen LogP contribution in [0, 0.1) is 5.92 Å². The van der Waals surface area contributed by atoms with Crippen molar-refractivity contribution in [2.75, 3.05) is 11.9 Å². The van der Waals surface area contributed by atoms with Crippen LogP contribution in [0.25, 0.3) is 0 Å². The van der Waals surface area contributed by atoms with E-state index in [-0.39, 0.29) is 18.1 Å². The highest BCUT2D eigenvalue weighted by Crippen LogP contribution is 2.32. The van der Waals surface area contributed by atoms with E-state index in [1.165, 1.54) is 5.56 Å². The van der Waals surface area contributed by atoms with Gasteiger partial charge in [0.2, 0.25) is 5.91 Å². The topological polar surface area (TPSA) is 61.4 Å². The summed E-state index contributed by atoms with van der Waals surface area (Å²) in [5.74, 6) is 0.380. The molecule has 1 aliphatic heterocycles. The molecule has 4 heteroatoms. The van der Waals surface area contributed by atoms with E-state index in [1.807, 2.05) is 24.3 Å². The summed E-state index contributed by atoms with van der Waals surface area (Å²) < 4.78 is 0. The molecule has 3 rings (SSSR count). The molecule has 18 heavy (non-hydrogen) atoms. The Hall–Kier alpha value is -1.55. The monoisotopic (exact) mass is 246 g/mol. The molecule has 1 unspecified atom stereocenters. The van der Waals surface area contributed by atoms with Crippen LogP contribution in [0.4, 0.5) is 5.69 Å². The standard InChI is InChI=1S/C14H18N2O2/c17-13(9-5-6-9)8-15-14(18)12-7-10-3-1-2-4-11(10)16-12/h1-4,9,12-13,16-17H,5-8H2,(H,15,18)/t12-,13?/m0/s1. The molecule has 0 bridgehead atoms. The Balaban J connectivity index is 1.52. The van der Waals surface area contributed by atoms with Crippen molar-refractivity contribution in [2.45, 2.75) is 31.4 Å². The van der Waals surface area contributed by atoms with Crippen LogP contribution in [0.3, 0.4) is 0 Å². The highest BCUT2D eigenvalue weighted by molar-refractivity contribution is 5.87. The van der Waals surface area contributed by atoms with Gasteiger partial charge in [0.05, 0.1) is 6.10 Å². The van der Waals surface area contributed by atoms with Crippen molar-refractivity contribution in [3.8, 4) is 0 Å². The maximum Gasteiger partial charge on any atom is 0.242 e. The molecule has 1 amide bonds. The summed E-state index contributed by atoms with van der Waals surface area (Å²) >= 11 is 0. The first-order valence-electron chi connectivity index (χ1n) is 6.54. The van der Waals surface area contributed by atoms with Gasteiger partial charge in [-0.3, -0.25) is 4.79 Å². The van der Waals surface area contributed by atoms with Crippen LogP contribution in [0.2, 0.25) is 0 Å². The molecule has 1 heterocycles. The molecular weight excluding hydrogens is 228 g/mol. The molecule has 3 N–H and O–H groups in total. The Kier molecular flexibility index (Phi) is 2.96. The predicted octanol–water partition coefficient (Wildman–Crippen LogP) is 0.910. The van der Waals surface area contributed by atoms with Gasteiger partial charge >= 0.3 is 0 Å². The van der Waals surface area contributed by atoms with Gasteiger partial charge in [0.15, 0.2) is 0 Å². The summed E-state index contributed by atoms with van der Waals surface area (Å²) in [7, 11) is 0. The molecule has 0 radical (unpaired) electrons. The molecule has 2 aliphatic rings. The van der Waals surface area contributed by atoms with Crippen molar-refractivity contribution >= 4 is 11.6 Å². The maximum atomic E-state index is 12.0. The Bertz CT molecular complexity index is 432. The minimum absolute atomic E-state index is 0.0223. The SMILES string of the molecule is O=C(NCC(O)C1CC1)[C@@H]1Cc2ccccc2N1. The minimum atomic E-state index is -0.377. The minimum Gasteiger partial charge on any atom is -0.391 e. The fourth-order valence-corrected chi connectivity index (χ4v) is 2.43. The zero-order chi connectivity index (χ0) is 12.5. The molecule has 2 atom stereocenters. The lowest BCUT2D eigenvalue weighted by Gasteiger charge is -2.14. The fourth-order valence-electron chi connectivity index (χ4n) is 2.43. The molecule has 1 fully saturated rings. The van der Waals surface area contributed by atoms with Crippen LogP contribution in [0.5, 0.6) is 0 Å². The number of amides is 1. The molecule has 4 nitrogen and oxygen atoms in total. The molecular formula is C14H18N2O2. The number of fused-ring (bicyclic) bond motifs is 1. The lowest BCUT2D eigenvalue weighted by atomic mass is 10.1. The first-order chi connectivity index (χ1) is 8.74. The van der Waals surface area contributed by atoms with E-state index in [9.17, 15) is 9.90 Å². The van der Waals surface area contributed by atoms with Gasteiger partial charge in [-0.05, 0) is 30.4 Å². The van der Waals surface area contributed by atoms with Gasteiger partial charge in [0, 0.05) is 18.7 Å². The number of hydrogen-bond acceptors (Lipinski definition) is 3. The van der Waals surface area contributed by atoms with Crippen LogP contribution in [-0.4, -0.2) is 29.7 Å². The van der Waals surface area contributed by atoms with Crippen LogP contribution in [0.15, 0.2) is 24.3 Å². The van der Waals surface area contributed by atoms with Gasteiger partial charge < -0.3 is 15.7 Å². The van der Waals surface area contributed by atoms with Crippen LogP contribution in [-0.2, 0) is 11.2 Å². The van der Waals surface area contributed by atoms with E-state index >= 15 is 0 Å². The van der Waals surface area contributed by atoms with E-state index < -0.39 is 0 Å². The number of rotatable bonds is 4. The van der Waals surface area contributed by atoms with E-state index in [1.54, 1.807) is 0 Å². The summed E-state index contributed by atoms with van der Waals surface area (Å²) in [5, 5.41) is 15.8. The van der Waals surface area contributed by atoms with Crippen molar-refractivity contribution in [2.24, 2.45) is 5.92 Å². The van der Waals surface area contributed by atoms with E-state index in [2.05, 4.69) is 10.6 Å². The molecule has 1 saturated carbocycles. The van der Waals surface area contributed by atoms with E-state index in [4.69, 9.17) is 0 Å². The average molecular weight is 246 g/mol. The van der Waals surface area contributed by atoms with Crippen LogP contribution < -0.4 is 10.6 Å². The second-order valence-electron chi connectivity index (χ2n) is 5.21. The molecule has 0 aromatic heterocycles. The number of carbonyl (C=O) groups is 1. The van der Waals surface area contributed by atoms with E-state index in [0.717, 1.165) is 24.9 Å². The van der Waals surface area contributed by atoms with Gasteiger partial charge in [-0.15, -0.1) is 0 Å². The number of carbonyl (C=O) groups excluding carboxylic acids is 1.